The van der Waals surface area contributed by atoms with Gasteiger partial charge in [0.15, 0.2) is 0 Å². The molecule has 0 saturated carbocycles. The van der Waals surface area contributed by atoms with Crippen LogP contribution in [0.15, 0.2) is 24.5 Å². The van der Waals surface area contributed by atoms with Crippen molar-refractivity contribution in [3.8, 4) is 6.07 Å². The summed E-state index contributed by atoms with van der Waals surface area (Å²) in [7, 11) is 0. The van der Waals surface area contributed by atoms with Crippen LogP contribution in [0.1, 0.15) is 18.5 Å². The zero-order valence-electron chi connectivity index (χ0n) is 10.6. The monoisotopic (exact) mass is 253 g/mol. The van der Waals surface area contributed by atoms with Crippen LogP contribution < -0.4 is 10.6 Å². The van der Waals surface area contributed by atoms with Crippen molar-refractivity contribution in [1.29, 1.82) is 5.26 Å². The third-order valence-electron chi connectivity index (χ3n) is 3.37. The van der Waals surface area contributed by atoms with Crippen LogP contribution in [-0.4, -0.2) is 29.1 Å². The lowest BCUT2D eigenvalue weighted by Crippen LogP contribution is -2.38. The van der Waals surface area contributed by atoms with Crippen LogP contribution in [0.5, 0.6) is 0 Å². The molecule has 2 N–H and O–H groups in total. The molecule has 19 heavy (non-hydrogen) atoms. The van der Waals surface area contributed by atoms with Gasteiger partial charge in [0.2, 0.25) is 0 Å². The molecular weight excluding hydrogens is 238 g/mol. The quantitative estimate of drug-likeness (QED) is 0.851. The van der Waals surface area contributed by atoms with Gasteiger partial charge in [-0.2, -0.15) is 5.26 Å². The number of nitriles is 1. The van der Waals surface area contributed by atoms with Crippen LogP contribution in [-0.2, 0) is 0 Å². The van der Waals surface area contributed by atoms with E-state index in [2.05, 4.69) is 20.6 Å². The summed E-state index contributed by atoms with van der Waals surface area (Å²) < 4.78 is 0. The SMILES string of the molecule is N#Cc1cc2cnc(NC3CCCNC3)cc2cn1. The third kappa shape index (κ3) is 2.64. The molecule has 2 aromatic heterocycles. The Labute approximate surface area is 111 Å². The van der Waals surface area contributed by atoms with E-state index in [0.29, 0.717) is 11.7 Å². The number of hydrogen-bond acceptors (Lipinski definition) is 5. The fraction of sp³-hybridized carbons (Fsp3) is 0.357. The van der Waals surface area contributed by atoms with Crippen LogP contribution in [0.2, 0.25) is 0 Å². The first-order valence-corrected chi connectivity index (χ1v) is 6.48. The number of nitrogens with zero attached hydrogens (tertiary/aromatic N) is 3. The lowest BCUT2D eigenvalue weighted by atomic mass is 10.1. The van der Waals surface area contributed by atoms with Gasteiger partial charge in [-0.05, 0) is 31.5 Å². The molecule has 0 bridgehead atoms. The predicted molar refractivity (Wildman–Crippen MR) is 73.8 cm³/mol. The summed E-state index contributed by atoms with van der Waals surface area (Å²) in [6.07, 6.45) is 5.87. The van der Waals surface area contributed by atoms with Gasteiger partial charge in [-0.15, -0.1) is 0 Å². The van der Waals surface area contributed by atoms with Crippen LogP contribution in [0, 0.1) is 11.3 Å². The standard InChI is InChI=1S/C14H15N5/c15-6-13-4-10-8-18-14(5-11(10)7-17-13)19-12-2-1-3-16-9-12/h4-5,7-8,12,16H,1-3,9H2,(H,18,19). The molecule has 3 rings (SSSR count). The number of pyridine rings is 2. The van der Waals surface area contributed by atoms with Gasteiger partial charge in [-0.1, -0.05) is 0 Å². The van der Waals surface area contributed by atoms with E-state index in [-0.39, 0.29) is 0 Å². The molecule has 1 fully saturated rings. The van der Waals surface area contributed by atoms with Gasteiger partial charge in [0.1, 0.15) is 17.6 Å². The Balaban J connectivity index is 1.83. The van der Waals surface area contributed by atoms with Crippen molar-refractivity contribution >= 4 is 16.6 Å². The van der Waals surface area contributed by atoms with Gasteiger partial charge in [-0.3, -0.25) is 0 Å². The Bertz CT molecular complexity index is 625. The first-order valence-electron chi connectivity index (χ1n) is 6.48. The number of rotatable bonds is 2. The maximum atomic E-state index is 8.82. The van der Waals surface area contributed by atoms with Gasteiger partial charge in [0, 0.05) is 35.8 Å². The molecule has 2 aromatic rings. The van der Waals surface area contributed by atoms with Crippen LogP contribution in [0.3, 0.4) is 0 Å². The second-order valence-electron chi connectivity index (χ2n) is 4.79. The number of piperidine rings is 1. The van der Waals surface area contributed by atoms with Gasteiger partial charge >= 0.3 is 0 Å². The molecule has 5 nitrogen and oxygen atoms in total. The first-order chi connectivity index (χ1) is 9.35. The highest BCUT2D eigenvalue weighted by atomic mass is 15.1. The largest absolute Gasteiger partial charge is 0.366 e. The highest BCUT2D eigenvalue weighted by molar-refractivity contribution is 5.83. The zero-order valence-corrected chi connectivity index (χ0v) is 10.6. The molecule has 0 aliphatic carbocycles. The third-order valence-corrected chi connectivity index (χ3v) is 3.37. The summed E-state index contributed by atoms with van der Waals surface area (Å²) in [6.45, 7) is 2.08. The van der Waals surface area contributed by atoms with Crippen molar-refractivity contribution in [3.05, 3.63) is 30.2 Å². The number of hydrogen-bond donors (Lipinski definition) is 2. The van der Waals surface area contributed by atoms with E-state index in [1.165, 1.54) is 12.8 Å². The zero-order chi connectivity index (χ0) is 13.1. The Morgan fingerprint density at radius 3 is 2.89 bits per heavy atom. The van der Waals surface area contributed by atoms with Crippen molar-refractivity contribution in [2.24, 2.45) is 0 Å². The molecule has 3 heterocycles. The van der Waals surface area contributed by atoms with Gasteiger partial charge in [-0.25, -0.2) is 9.97 Å². The van der Waals surface area contributed by atoms with E-state index in [0.717, 1.165) is 29.7 Å². The lowest BCUT2D eigenvalue weighted by molar-refractivity contribution is 0.479. The molecule has 1 unspecified atom stereocenters. The number of fused-ring (bicyclic) bond motifs is 1. The molecule has 1 aliphatic rings. The molecule has 96 valence electrons. The molecule has 0 aromatic carbocycles. The molecule has 0 spiro atoms. The second kappa shape index (κ2) is 5.21. The smallest absolute Gasteiger partial charge is 0.141 e. The minimum Gasteiger partial charge on any atom is -0.366 e. The minimum absolute atomic E-state index is 0.423. The molecule has 1 saturated heterocycles. The van der Waals surface area contributed by atoms with E-state index in [4.69, 9.17) is 5.26 Å². The Morgan fingerprint density at radius 2 is 2.11 bits per heavy atom. The summed E-state index contributed by atoms with van der Waals surface area (Å²) in [6, 6.07) is 6.21. The first kappa shape index (κ1) is 11.9. The summed E-state index contributed by atoms with van der Waals surface area (Å²) in [4.78, 5) is 8.48. The fourth-order valence-electron chi connectivity index (χ4n) is 2.36. The minimum atomic E-state index is 0.423. The summed E-state index contributed by atoms with van der Waals surface area (Å²) in [5, 5.41) is 17.6. The van der Waals surface area contributed by atoms with E-state index >= 15 is 0 Å². The highest BCUT2D eigenvalue weighted by Crippen LogP contribution is 2.18. The topological polar surface area (TPSA) is 73.6 Å². The molecule has 1 aliphatic heterocycles. The summed E-state index contributed by atoms with van der Waals surface area (Å²) in [5.41, 5.74) is 0.423. The van der Waals surface area contributed by atoms with Gasteiger partial charge < -0.3 is 10.6 Å². The van der Waals surface area contributed by atoms with E-state index in [9.17, 15) is 0 Å². The maximum Gasteiger partial charge on any atom is 0.141 e. The van der Waals surface area contributed by atoms with E-state index in [1.54, 1.807) is 18.5 Å². The van der Waals surface area contributed by atoms with Crippen molar-refractivity contribution in [2.45, 2.75) is 18.9 Å². The van der Waals surface area contributed by atoms with Crippen molar-refractivity contribution in [1.82, 2.24) is 15.3 Å². The Hall–Kier alpha value is -2.19. The summed E-state index contributed by atoms with van der Waals surface area (Å²) >= 11 is 0. The average Bonchev–Trinajstić information content (AvgIpc) is 2.48. The van der Waals surface area contributed by atoms with Crippen LogP contribution >= 0.6 is 0 Å². The number of nitrogens with one attached hydrogen (secondary N) is 2. The van der Waals surface area contributed by atoms with E-state index in [1.807, 2.05) is 12.1 Å². The molecular formula is C14H15N5. The average molecular weight is 253 g/mol. The molecule has 0 amide bonds. The number of aromatic nitrogens is 2. The summed E-state index contributed by atoms with van der Waals surface area (Å²) in [5.74, 6) is 0.868. The van der Waals surface area contributed by atoms with Crippen molar-refractivity contribution in [2.75, 3.05) is 18.4 Å². The lowest BCUT2D eigenvalue weighted by Gasteiger charge is -2.24. The molecule has 0 radical (unpaired) electrons. The maximum absolute atomic E-state index is 8.82. The van der Waals surface area contributed by atoms with Gasteiger partial charge in [0.25, 0.3) is 0 Å². The van der Waals surface area contributed by atoms with Crippen LogP contribution in [0.25, 0.3) is 10.8 Å². The number of anilines is 1. The molecule has 5 heteroatoms. The normalized spacial score (nSPS) is 19.0. The second-order valence-corrected chi connectivity index (χ2v) is 4.79. The fourth-order valence-corrected chi connectivity index (χ4v) is 2.36. The Kier molecular flexibility index (Phi) is 3.25. The van der Waals surface area contributed by atoms with Crippen molar-refractivity contribution in [3.63, 3.8) is 0 Å². The Morgan fingerprint density at radius 1 is 1.26 bits per heavy atom. The predicted octanol–water partition coefficient (Wildman–Crippen LogP) is 1.67. The highest BCUT2D eigenvalue weighted by Gasteiger charge is 2.13. The van der Waals surface area contributed by atoms with Crippen molar-refractivity contribution < 1.29 is 0 Å². The van der Waals surface area contributed by atoms with E-state index < -0.39 is 0 Å². The molecule has 1 atom stereocenters. The van der Waals surface area contributed by atoms with Crippen LogP contribution in [0.4, 0.5) is 5.82 Å². The van der Waals surface area contributed by atoms with Gasteiger partial charge in [0.05, 0.1) is 0 Å².